The van der Waals surface area contributed by atoms with Crippen LogP contribution in [-0.4, -0.2) is 42.0 Å². The van der Waals surface area contributed by atoms with Gasteiger partial charge in [0.1, 0.15) is 11.5 Å². The van der Waals surface area contributed by atoms with E-state index in [9.17, 15) is 9.18 Å². The van der Waals surface area contributed by atoms with Crippen molar-refractivity contribution in [2.75, 3.05) is 26.2 Å². The maximum Gasteiger partial charge on any atom is 0.267 e. The summed E-state index contributed by atoms with van der Waals surface area (Å²) in [6.07, 6.45) is 4.31. The molecule has 0 aliphatic heterocycles. The molecule has 2 atom stereocenters. The Morgan fingerprint density at radius 1 is 1.12 bits per heavy atom. The van der Waals surface area contributed by atoms with Crippen LogP contribution in [0.25, 0.3) is 10.9 Å². The lowest BCUT2D eigenvalue weighted by Crippen LogP contribution is -2.30. The third-order valence-electron chi connectivity index (χ3n) is 6.19. The van der Waals surface area contributed by atoms with Crippen molar-refractivity contribution in [1.82, 2.24) is 15.2 Å². The molecule has 2 N–H and O–H groups in total. The van der Waals surface area contributed by atoms with E-state index in [4.69, 9.17) is 0 Å². The quantitative estimate of drug-likeness (QED) is 0.360. The van der Waals surface area contributed by atoms with E-state index in [0.717, 1.165) is 61.8 Å². The molecule has 1 aliphatic carbocycles. The minimum Gasteiger partial charge on any atom is -0.351 e. The minimum absolute atomic E-state index is 0. The zero-order valence-electron chi connectivity index (χ0n) is 18.6. The van der Waals surface area contributed by atoms with Gasteiger partial charge in [-0.05, 0) is 80.4 Å². The number of nitrogens with zero attached hydrogens (tertiary/aromatic N) is 1. The van der Waals surface area contributed by atoms with Gasteiger partial charge >= 0.3 is 0 Å². The molecule has 0 radical (unpaired) electrons. The van der Waals surface area contributed by atoms with Crippen molar-refractivity contribution in [1.29, 1.82) is 0 Å². The first-order valence-electron chi connectivity index (χ1n) is 11.5. The number of unbranched alkanes of at least 4 members (excludes halogenated alkanes) is 1. The molecule has 1 fully saturated rings. The molecule has 0 saturated heterocycles. The van der Waals surface area contributed by atoms with Crippen molar-refractivity contribution >= 4 is 29.2 Å². The number of nitrogens with one attached hydrogen (secondary N) is 2. The maximum absolute atomic E-state index is 13.5. The molecule has 3 aromatic rings. The van der Waals surface area contributed by atoms with Crippen LogP contribution in [0, 0.1) is 11.7 Å². The van der Waals surface area contributed by atoms with E-state index in [1.54, 1.807) is 6.07 Å². The van der Waals surface area contributed by atoms with Crippen LogP contribution < -0.4 is 5.32 Å². The van der Waals surface area contributed by atoms with Gasteiger partial charge in [0.2, 0.25) is 0 Å². The number of aromatic nitrogens is 1. The molecule has 2 unspecified atom stereocenters. The maximum atomic E-state index is 13.5. The van der Waals surface area contributed by atoms with Crippen molar-refractivity contribution in [2.45, 2.75) is 38.5 Å². The number of hydrogen-bond acceptors (Lipinski definition) is 2. The second-order valence-corrected chi connectivity index (χ2v) is 8.69. The number of carbonyl (C=O) groups is 1. The first-order valence-corrected chi connectivity index (χ1v) is 11.5. The van der Waals surface area contributed by atoms with Crippen molar-refractivity contribution in [2.24, 2.45) is 5.92 Å². The Bertz CT molecular complexity index is 988. The fourth-order valence-corrected chi connectivity index (χ4v) is 4.49. The van der Waals surface area contributed by atoms with Crippen LogP contribution in [0.1, 0.15) is 54.6 Å². The van der Waals surface area contributed by atoms with Crippen molar-refractivity contribution < 1.29 is 9.18 Å². The molecule has 172 valence electrons. The fourth-order valence-electron chi connectivity index (χ4n) is 4.49. The topological polar surface area (TPSA) is 48.1 Å². The number of H-pyrrole nitrogens is 1. The van der Waals surface area contributed by atoms with Gasteiger partial charge in [0.25, 0.3) is 5.91 Å². The molecule has 1 amide bonds. The number of amides is 1. The Kier molecular flexibility index (Phi) is 8.71. The largest absolute Gasteiger partial charge is 0.351 e. The number of fused-ring (bicyclic) bond motifs is 1. The van der Waals surface area contributed by atoms with Crippen LogP contribution in [0.5, 0.6) is 0 Å². The highest BCUT2D eigenvalue weighted by molar-refractivity contribution is 5.97. The fraction of sp³-hybridized carbons (Fsp3) is 0.423. The second kappa shape index (κ2) is 11.5. The van der Waals surface area contributed by atoms with E-state index in [0.29, 0.717) is 24.1 Å². The van der Waals surface area contributed by atoms with Gasteiger partial charge < -0.3 is 15.2 Å². The van der Waals surface area contributed by atoms with Gasteiger partial charge in [-0.3, -0.25) is 4.79 Å². The Balaban J connectivity index is 0.00000289. The van der Waals surface area contributed by atoms with Crippen LogP contribution in [0.4, 0.5) is 4.39 Å². The summed E-state index contributed by atoms with van der Waals surface area (Å²) in [4.78, 5) is 18.1. The van der Waals surface area contributed by atoms with Gasteiger partial charge in [-0.2, -0.15) is 0 Å². The van der Waals surface area contributed by atoms with E-state index in [-0.39, 0.29) is 24.1 Å². The Hall–Kier alpha value is -2.37. The Morgan fingerprint density at radius 2 is 1.97 bits per heavy atom. The lowest BCUT2D eigenvalue weighted by atomic mass is 10.1. The van der Waals surface area contributed by atoms with Crippen LogP contribution >= 0.6 is 12.4 Å². The van der Waals surface area contributed by atoms with Gasteiger partial charge in [0, 0.05) is 24.0 Å². The van der Waals surface area contributed by atoms with E-state index in [1.807, 2.05) is 42.5 Å². The van der Waals surface area contributed by atoms with Gasteiger partial charge in [-0.1, -0.05) is 37.3 Å². The number of aromatic amines is 1. The molecule has 4 rings (SSSR count). The molecule has 1 aromatic heterocycles. The minimum atomic E-state index is -0.136. The van der Waals surface area contributed by atoms with Gasteiger partial charge in [-0.15, -0.1) is 12.4 Å². The first-order chi connectivity index (χ1) is 15.1. The zero-order chi connectivity index (χ0) is 21.6. The third-order valence-corrected chi connectivity index (χ3v) is 6.19. The van der Waals surface area contributed by atoms with E-state index in [1.165, 1.54) is 6.07 Å². The number of carbonyl (C=O) groups excluding carboxylic acids is 1. The summed E-state index contributed by atoms with van der Waals surface area (Å²) in [5, 5.41) is 4.08. The molecule has 2 aromatic carbocycles. The third kappa shape index (κ3) is 6.33. The van der Waals surface area contributed by atoms with Crippen LogP contribution in [-0.2, 0) is 0 Å². The molecule has 1 aliphatic rings. The van der Waals surface area contributed by atoms with E-state index >= 15 is 0 Å². The molecule has 1 heterocycles. The molecule has 32 heavy (non-hydrogen) atoms. The summed E-state index contributed by atoms with van der Waals surface area (Å²) in [6, 6.07) is 16.9. The summed E-state index contributed by atoms with van der Waals surface area (Å²) in [5.74, 6) is 0.960. The highest BCUT2D eigenvalue weighted by atomic mass is 35.5. The number of benzene rings is 2. The number of para-hydroxylation sites is 1. The van der Waals surface area contributed by atoms with E-state index < -0.39 is 0 Å². The molecule has 1 saturated carbocycles. The summed E-state index contributed by atoms with van der Waals surface area (Å²) >= 11 is 0. The molecule has 6 heteroatoms. The summed E-state index contributed by atoms with van der Waals surface area (Å²) in [5.41, 5.74) is 2.74. The lowest BCUT2D eigenvalue weighted by molar-refractivity contribution is 0.0948. The Morgan fingerprint density at radius 3 is 2.75 bits per heavy atom. The molecule has 0 bridgehead atoms. The highest BCUT2D eigenvalue weighted by Crippen LogP contribution is 2.47. The van der Waals surface area contributed by atoms with Crippen molar-refractivity contribution in [3.8, 4) is 0 Å². The summed E-state index contributed by atoms with van der Waals surface area (Å²) in [7, 11) is 0. The van der Waals surface area contributed by atoms with Crippen LogP contribution in [0.3, 0.4) is 0 Å². The second-order valence-electron chi connectivity index (χ2n) is 8.69. The zero-order valence-corrected chi connectivity index (χ0v) is 19.5. The standard InChI is InChI=1S/C26H32FN3O.ClH/c1-2-13-30(18-21-16-23(21)19-9-7-10-22(27)15-19)14-6-5-12-28-26(31)25-17-20-8-3-4-11-24(20)29-25;/h3-4,7-11,15,17,21,23,29H,2,5-6,12-14,16,18H2,1H3,(H,28,31);1H. The first kappa shape index (κ1) is 24.3. The predicted octanol–water partition coefficient (Wildman–Crippen LogP) is 5.75. The summed E-state index contributed by atoms with van der Waals surface area (Å²) < 4.78 is 13.5. The molecule has 4 nitrogen and oxygen atoms in total. The van der Waals surface area contributed by atoms with Crippen LogP contribution in [0.15, 0.2) is 54.6 Å². The van der Waals surface area contributed by atoms with E-state index in [2.05, 4.69) is 22.1 Å². The van der Waals surface area contributed by atoms with Gasteiger partial charge in [0.15, 0.2) is 0 Å². The number of rotatable bonds is 11. The number of halogens is 2. The average Bonchev–Trinajstić information content (AvgIpc) is 3.39. The van der Waals surface area contributed by atoms with Crippen LogP contribution in [0.2, 0.25) is 0 Å². The molecule has 0 spiro atoms. The average molecular weight is 458 g/mol. The SMILES string of the molecule is CCCN(CCCCNC(=O)c1cc2ccccc2[nH]1)CC1CC1c1cccc(F)c1.Cl. The predicted molar refractivity (Wildman–Crippen MR) is 131 cm³/mol. The van der Waals surface area contributed by atoms with Gasteiger partial charge in [-0.25, -0.2) is 4.39 Å². The highest BCUT2D eigenvalue weighted by Gasteiger charge is 2.39. The van der Waals surface area contributed by atoms with Gasteiger partial charge in [0.05, 0.1) is 0 Å². The normalized spacial score (nSPS) is 17.3. The Labute approximate surface area is 196 Å². The molecular weight excluding hydrogens is 425 g/mol. The smallest absolute Gasteiger partial charge is 0.267 e. The monoisotopic (exact) mass is 457 g/mol. The van der Waals surface area contributed by atoms with Crippen molar-refractivity contribution in [3.05, 3.63) is 71.7 Å². The lowest BCUT2D eigenvalue weighted by Gasteiger charge is -2.22. The number of hydrogen-bond donors (Lipinski definition) is 2. The summed E-state index contributed by atoms with van der Waals surface area (Å²) in [6.45, 7) is 6.11. The molecular formula is C26H33ClFN3O. The van der Waals surface area contributed by atoms with Crippen molar-refractivity contribution in [3.63, 3.8) is 0 Å².